The molecule has 0 aromatic carbocycles. The summed E-state index contributed by atoms with van der Waals surface area (Å²) in [5, 5.41) is 8.31. The third-order valence-corrected chi connectivity index (χ3v) is 3.45. The van der Waals surface area contributed by atoms with Gasteiger partial charge in [-0.05, 0) is 18.9 Å². The normalized spacial score (nSPS) is 18.9. The van der Waals surface area contributed by atoms with Crippen LogP contribution in [0.4, 0.5) is 0 Å². The van der Waals surface area contributed by atoms with Crippen LogP contribution in [0.2, 0.25) is 0 Å². The van der Waals surface area contributed by atoms with Gasteiger partial charge in [0.2, 0.25) is 0 Å². The standard InChI is InChI=1S/C13H13N5O2/c1-8-4-14-12-10(5-15-18(12)6-8)13-16-11(17-20-13)9-2-3-19-7-9/h4-6,9H,2-3,7H2,1H3/t9-/m1/s1. The molecule has 1 atom stereocenters. The maximum absolute atomic E-state index is 5.35. The van der Waals surface area contributed by atoms with Crippen LogP contribution in [0.3, 0.4) is 0 Å². The molecular weight excluding hydrogens is 258 g/mol. The SMILES string of the molecule is Cc1cnc2c(-c3nc([C@@H]4CCOC4)no3)cnn2c1. The first-order valence-corrected chi connectivity index (χ1v) is 6.53. The summed E-state index contributed by atoms with van der Waals surface area (Å²) in [4.78, 5) is 8.83. The number of aryl methyl sites for hydroxylation is 1. The molecule has 1 fully saturated rings. The summed E-state index contributed by atoms with van der Waals surface area (Å²) in [7, 11) is 0. The molecule has 0 unspecified atom stereocenters. The second-order valence-corrected chi connectivity index (χ2v) is 4.98. The van der Waals surface area contributed by atoms with Crippen LogP contribution in [0.25, 0.3) is 17.1 Å². The van der Waals surface area contributed by atoms with Crippen molar-refractivity contribution in [1.82, 2.24) is 24.7 Å². The molecule has 4 heterocycles. The predicted molar refractivity (Wildman–Crippen MR) is 69.2 cm³/mol. The van der Waals surface area contributed by atoms with Gasteiger partial charge in [-0.1, -0.05) is 5.16 Å². The van der Waals surface area contributed by atoms with E-state index in [1.54, 1.807) is 16.9 Å². The molecule has 0 amide bonds. The van der Waals surface area contributed by atoms with Gasteiger partial charge in [0.15, 0.2) is 11.5 Å². The van der Waals surface area contributed by atoms with E-state index in [1.807, 2.05) is 13.1 Å². The first-order valence-electron chi connectivity index (χ1n) is 6.53. The molecule has 1 aliphatic rings. The van der Waals surface area contributed by atoms with E-state index in [0.29, 0.717) is 24.0 Å². The molecule has 3 aromatic heterocycles. The van der Waals surface area contributed by atoms with Crippen molar-refractivity contribution in [2.75, 3.05) is 13.2 Å². The number of aromatic nitrogens is 5. The maximum atomic E-state index is 5.35. The molecule has 1 saturated heterocycles. The van der Waals surface area contributed by atoms with E-state index in [0.717, 1.165) is 24.2 Å². The molecule has 0 aliphatic carbocycles. The molecule has 20 heavy (non-hydrogen) atoms. The fourth-order valence-electron chi connectivity index (χ4n) is 2.37. The molecule has 102 valence electrons. The Hall–Kier alpha value is -2.28. The first kappa shape index (κ1) is 11.5. The summed E-state index contributed by atoms with van der Waals surface area (Å²) in [6.45, 7) is 3.38. The minimum absolute atomic E-state index is 0.226. The Labute approximate surface area is 114 Å². The van der Waals surface area contributed by atoms with Crippen LogP contribution in [-0.2, 0) is 4.74 Å². The van der Waals surface area contributed by atoms with Crippen molar-refractivity contribution in [3.8, 4) is 11.5 Å². The van der Waals surface area contributed by atoms with E-state index < -0.39 is 0 Å². The molecule has 0 spiro atoms. The zero-order chi connectivity index (χ0) is 13.5. The number of hydrogen-bond donors (Lipinski definition) is 0. The molecule has 0 N–H and O–H groups in total. The molecule has 0 radical (unpaired) electrons. The van der Waals surface area contributed by atoms with Crippen LogP contribution in [0.15, 0.2) is 23.1 Å². The lowest BCUT2D eigenvalue weighted by Gasteiger charge is -1.97. The summed E-state index contributed by atoms with van der Waals surface area (Å²) in [6, 6.07) is 0. The van der Waals surface area contributed by atoms with E-state index >= 15 is 0 Å². The Morgan fingerprint density at radius 3 is 3.15 bits per heavy atom. The second kappa shape index (κ2) is 4.38. The number of rotatable bonds is 2. The smallest absolute Gasteiger partial charge is 0.263 e. The van der Waals surface area contributed by atoms with E-state index in [2.05, 4.69) is 20.2 Å². The zero-order valence-electron chi connectivity index (χ0n) is 11.0. The summed E-state index contributed by atoms with van der Waals surface area (Å²) in [6.07, 6.45) is 6.34. The van der Waals surface area contributed by atoms with Crippen molar-refractivity contribution in [2.45, 2.75) is 19.3 Å². The van der Waals surface area contributed by atoms with E-state index in [9.17, 15) is 0 Å². The summed E-state index contributed by atoms with van der Waals surface area (Å²) in [5.74, 6) is 1.38. The average molecular weight is 271 g/mol. The molecule has 0 bridgehead atoms. The maximum Gasteiger partial charge on any atom is 0.263 e. The Kier molecular flexibility index (Phi) is 2.53. The lowest BCUT2D eigenvalue weighted by atomic mass is 10.1. The summed E-state index contributed by atoms with van der Waals surface area (Å²) in [5.41, 5.74) is 2.51. The van der Waals surface area contributed by atoms with E-state index in [1.165, 1.54) is 0 Å². The van der Waals surface area contributed by atoms with E-state index in [4.69, 9.17) is 9.26 Å². The van der Waals surface area contributed by atoms with Gasteiger partial charge in [-0.2, -0.15) is 10.1 Å². The fourth-order valence-corrected chi connectivity index (χ4v) is 2.37. The highest BCUT2D eigenvalue weighted by atomic mass is 16.5. The van der Waals surface area contributed by atoms with Crippen molar-refractivity contribution in [3.05, 3.63) is 30.0 Å². The lowest BCUT2D eigenvalue weighted by Crippen LogP contribution is -1.99. The van der Waals surface area contributed by atoms with Gasteiger partial charge in [0.1, 0.15) is 5.56 Å². The minimum Gasteiger partial charge on any atom is -0.381 e. The lowest BCUT2D eigenvalue weighted by molar-refractivity contribution is 0.192. The second-order valence-electron chi connectivity index (χ2n) is 4.98. The Morgan fingerprint density at radius 1 is 1.35 bits per heavy atom. The highest BCUT2D eigenvalue weighted by molar-refractivity contribution is 5.70. The van der Waals surface area contributed by atoms with Crippen molar-refractivity contribution < 1.29 is 9.26 Å². The summed E-state index contributed by atoms with van der Waals surface area (Å²) < 4.78 is 12.4. The Bertz CT molecular complexity index is 757. The van der Waals surface area contributed by atoms with Gasteiger partial charge < -0.3 is 9.26 Å². The van der Waals surface area contributed by atoms with E-state index in [-0.39, 0.29) is 5.92 Å². The summed E-state index contributed by atoms with van der Waals surface area (Å²) >= 11 is 0. The van der Waals surface area contributed by atoms with Gasteiger partial charge in [-0.3, -0.25) is 0 Å². The van der Waals surface area contributed by atoms with Crippen LogP contribution in [0.5, 0.6) is 0 Å². The molecule has 7 nitrogen and oxygen atoms in total. The molecule has 3 aromatic rings. The van der Waals surface area contributed by atoms with Gasteiger partial charge in [-0.25, -0.2) is 9.50 Å². The van der Waals surface area contributed by atoms with Crippen molar-refractivity contribution in [3.63, 3.8) is 0 Å². The number of nitrogens with zero attached hydrogens (tertiary/aromatic N) is 5. The van der Waals surface area contributed by atoms with Crippen LogP contribution in [0, 0.1) is 6.92 Å². The van der Waals surface area contributed by atoms with Crippen molar-refractivity contribution in [2.24, 2.45) is 0 Å². The van der Waals surface area contributed by atoms with Gasteiger partial charge in [-0.15, -0.1) is 0 Å². The van der Waals surface area contributed by atoms with Crippen molar-refractivity contribution in [1.29, 1.82) is 0 Å². The van der Waals surface area contributed by atoms with Gasteiger partial charge in [0.05, 0.1) is 12.8 Å². The van der Waals surface area contributed by atoms with Crippen molar-refractivity contribution >= 4 is 5.65 Å². The number of ether oxygens (including phenoxy) is 1. The minimum atomic E-state index is 0.226. The largest absolute Gasteiger partial charge is 0.381 e. The van der Waals surface area contributed by atoms with Crippen LogP contribution >= 0.6 is 0 Å². The van der Waals surface area contributed by atoms with Crippen LogP contribution in [-0.4, -0.2) is 38.0 Å². The predicted octanol–water partition coefficient (Wildman–Crippen LogP) is 1.59. The average Bonchev–Trinajstić information content (AvgIpc) is 3.17. The third-order valence-electron chi connectivity index (χ3n) is 3.45. The van der Waals surface area contributed by atoms with Gasteiger partial charge >= 0.3 is 0 Å². The van der Waals surface area contributed by atoms with Gasteiger partial charge in [0.25, 0.3) is 5.89 Å². The number of fused-ring (bicyclic) bond motifs is 1. The fraction of sp³-hybridized carbons (Fsp3) is 0.385. The quantitative estimate of drug-likeness (QED) is 0.704. The molecule has 1 aliphatic heterocycles. The topological polar surface area (TPSA) is 78.3 Å². The van der Waals surface area contributed by atoms with Gasteiger partial charge in [0, 0.05) is 24.9 Å². The first-order chi connectivity index (χ1) is 9.81. The molecular formula is C13H13N5O2. The zero-order valence-corrected chi connectivity index (χ0v) is 11.0. The monoisotopic (exact) mass is 271 g/mol. The molecule has 0 saturated carbocycles. The molecule has 4 rings (SSSR count). The highest BCUT2D eigenvalue weighted by Crippen LogP contribution is 2.27. The Morgan fingerprint density at radius 2 is 2.30 bits per heavy atom. The van der Waals surface area contributed by atoms with Crippen LogP contribution < -0.4 is 0 Å². The van der Waals surface area contributed by atoms with Crippen LogP contribution in [0.1, 0.15) is 23.7 Å². The molecule has 7 heteroatoms. The third kappa shape index (κ3) is 1.78. The number of hydrogen-bond acceptors (Lipinski definition) is 6. The Balaban J connectivity index is 1.75. The highest BCUT2D eigenvalue weighted by Gasteiger charge is 2.24.